The van der Waals surface area contributed by atoms with Crippen molar-refractivity contribution in [1.82, 2.24) is 14.5 Å². The van der Waals surface area contributed by atoms with Crippen molar-refractivity contribution in [3.8, 4) is 0 Å². The van der Waals surface area contributed by atoms with Gasteiger partial charge >= 0.3 is 0 Å². The number of benzene rings is 1. The number of fused-ring (bicyclic) bond motifs is 1. The van der Waals surface area contributed by atoms with Crippen molar-refractivity contribution in [2.24, 2.45) is 0 Å². The normalized spacial score (nSPS) is 13.2. The summed E-state index contributed by atoms with van der Waals surface area (Å²) in [5, 5.41) is 0. The van der Waals surface area contributed by atoms with E-state index in [9.17, 15) is 4.39 Å². The Morgan fingerprint density at radius 2 is 2.05 bits per heavy atom. The van der Waals surface area contributed by atoms with Gasteiger partial charge in [0.1, 0.15) is 5.82 Å². The van der Waals surface area contributed by atoms with E-state index in [2.05, 4.69) is 30.7 Å². The molecular weight excluding hydrogens is 267 g/mol. The van der Waals surface area contributed by atoms with Crippen molar-refractivity contribution >= 4 is 17.0 Å². The lowest BCUT2D eigenvalue weighted by atomic mass is 10.1. The highest BCUT2D eigenvalue weighted by Crippen LogP contribution is 2.26. The quantitative estimate of drug-likeness (QED) is 0.850. The van der Waals surface area contributed by atoms with Crippen molar-refractivity contribution in [2.75, 3.05) is 25.4 Å². The lowest BCUT2D eigenvalue weighted by Gasteiger charge is -2.20. The van der Waals surface area contributed by atoms with Gasteiger partial charge in [0.25, 0.3) is 0 Å². The number of aromatic nitrogens is 2. The summed E-state index contributed by atoms with van der Waals surface area (Å²) in [7, 11) is 0. The maximum Gasteiger partial charge on any atom is 0.201 e. The van der Waals surface area contributed by atoms with E-state index in [0.717, 1.165) is 43.5 Å². The molecule has 2 N–H and O–H groups in total. The molecule has 0 saturated carbocycles. The summed E-state index contributed by atoms with van der Waals surface area (Å²) >= 11 is 0. The second-order valence-corrected chi connectivity index (χ2v) is 5.49. The molecule has 2 aromatic rings. The number of nitrogens with two attached hydrogens (primary N) is 1. The molecule has 0 amide bonds. The highest BCUT2D eigenvalue weighted by molar-refractivity contribution is 5.78. The molecule has 5 heteroatoms. The lowest BCUT2D eigenvalue weighted by Crippen LogP contribution is -2.24. The summed E-state index contributed by atoms with van der Waals surface area (Å²) in [6.07, 6.45) is 2.10. The Balaban J connectivity index is 2.10. The predicted octanol–water partition coefficient (Wildman–Crippen LogP) is 3.44. The van der Waals surface area contributed by atoms with E-state index in [0.29, 0.717) is 5.95 Å². The smallest absolute Gasteiger partial charge is 0.201 e. The zero-order chi connectivity index (χ0) is 15.4. The molecule has 116 valence electrons. The zero-order valence-electron chi connectivity index (χ0n) is 13.1. The number of halogens is 1. The Kier molecular flexibility index (Phi) is 5.17. The molecule has 0 aliphatic carbocycles. The van der Waals surface area contributed by atoms with E-state index in [1.807, 2.05) is 4.57 Å². The number of hydrogen-bond donors (Lipinski definition) is 1. The van der Waals surface area contributed by atoms with Gasteiger partial charge in [-0.25, -0.2) is 9.37 Å². The molecule has 0 radical (unpaired) electrons. The summed E-state index contributed by atoms with van der Waals surface area (Å²) in [5.41, 5.74) is 7.54. The van der Waals surface area contributed by atoms with Crippen LogP contribution in [0.4, 0.5) is 10.3 Å². The van der Waals surface area contributed by atoms with Crippen LogP contribution < -0.4 is 5.73 Å². The van der Waals surface area contributed by atoms with Crippen LogP contribution in [0.5, 0.6) is 0 Å². The SMILES string of the molecule is CCN(CC)CCCC(C)n1c(N)nc2ccc(F)cc21. The zero-order valence-corrected chi connectivity index (χ0v) is 13.1. The second kappa shape index (κ2) is 6.89. The molecule has 0 fully saturated rings. The fourth-order valence-electron chi connectivity index (χ4n) is 2.83. The first-order valence-electron chi connectivity index (χ1n) is 7.72. The van der Waals surface area contributed by atoms with E-state index in [1.165, 1.54) is 12.1 Å². The van der Waals surface area contributed by atoms with Crippen LogP contribution in [-0.4, -0.2) is 34.1 Å². The standard InChI is InChI=1S/C16H25FN4/c1-4-20(5-2)10-6-7-12(3)21-15-11-13(17)8-9-14(15)19-16(21)18/h8-9,11-12H,4-7,10H2,1-3H3,(H2,18,19). The van der Waals surface area contributed by atoms with Crippen LogP contribution in [0.2, 0.25) is 0 Å². The van der Waals surface area contributed by atoms with Gasteiger partial charge in [0, 0.05) is 6.04 Å². The molecule has 4 nitrogen and oxygen atoms in total. The molecule has 1 aromatic heterocycles. The largest absolute Gasteiger partial charge is 0.369 e. The van der Waals surface area contributed by atoms with Gasteiger partial charge in [-0.3, -0.25) is 0 Å². The summed E-state index contributed by atoms with van der Waals surface area (Å²) in [5.74, 6) is 0.213. The van der Waals surface area contributed by atoms with Gasteiger partial charge in [-0.05, 0) is 57.6 Å². The Morgan fingerprint density at radius 3 is 2.71 bits per heavy atom. The van der Waals surface area contributed by atoms with Crippen molar-refractivity contribution in [3.63, 3.8) is 0 Å². The van der Waals surface area contributed by atoms with Crippen molar-refractivity contribution < 1.29 is 4.39 Å². The molecule has 1 atom stereocenters. The van der Waals surface area contributed by atoms with Gasteiger partial charge in [-0.1, -0.05) is 13.8 Å². The minimum Gasteiger partial charge on any atom is -0.369 e. The fourth-order valence-corrected chi connectivity index (χ4v) is 2.83. The van der Waals surface area contributed by atoms with Crippen LogP contribution in [0.25, 0.3) is 11.0 Å². The number of rotatable bonds is 7. The third kappa shape index (κ3) is 3.53. The number of imidazole rings is 1. The van der Waals surface area contributed by atoms with Gasteiger partial charge in [0.05, 0.1) is 11.0 Å². The molecule has 0 saturated heterocycles. The maximum absolute atomic E-state index is 13.5. The highest BCUT2D eigenvalue weighted by Gasteiger charge is 2.14. The Bertz CT molecular complexity index is 589. The molecular formula is C16H25FN4. The average Bonchev–Trinajstić information content (AvgIpc) is 2.78. The van der Waals surface area contributed by atoms with E-state index >= 15 is 0 Å². The minimum absolute atomic E-state index is 0.215. The second-order valence-electron chi connectivity index (χ2n) is 5.49. The molecule has 0 aliphatic rings. The Hall–Kier alpha value is -1.62. The molecule has 1 unspecified atom stereocenters. The fraction of sp³-hybridized carbons (Fsp3) is 0.562. The first kappa shape index (κ1) is 15.8. The molecule has 0 bridgehead atoms. The Labute approximate surface area is 125 Å². The van der Waals surface area contributed by atoms with Gasteiger partial charge in [0.15, 0.2) is 0 Å². The van der Waals surface area contributed by atoms with E-state index in [-0.39, 0.29) is 11.9 Å². The van der Waals surface area contributed by atoms with E-state index in [1.54, 1.807) is 6.07 Å². The van der Waals surface area contributed by atoms with E-state index in [4.69, 9.17) is 5.73 Å². The summed E-state index contributed by atoms with van der Waals surface area (Å²) in [6.45, 7) is 9.70. The number of nitrogens with zero attached hydrogens (tertiary/aromatic N) is 3. The summed E-state index contributed by atoms with van der Waals surface area (Å²) in [4.78, 5) is 6.72. The van der Waals surface area contributed by atoms with Crippen molar-refractivity contribution in [2.45, 2.75) is 39.7 Å². The first-order chi connectivity index (χ1) is 10.1. The molecule has 21 heavy (non-hydrogen) atoms. The van der Waals surface area contributed by atoms with Crippen LogP contribution in [0.15, 0.2) is 18.2 Å². The van der Waals surface area contributed by atoms with Crippen LogP contribution in [0, 0.1) is 5.82 Å². The number of hydrogen-bond acceptors (Lipinski definition) is 3. The van der Waals surface area contributed by atoms with Crippen molar-refractivity contribution in [1.29, 1.82) is 0 Å². The van der Waals surface area contributed by atoms with Gasteiger partial charge in [-0.15, -0.1) is 0 Å². The molecule has 1 heterocycles. The van der Waals surface area contributed by atoms with Gasteiger partial charge in [0.2, 0.25) is 5.95 Å². The molecule has 2 rings (SSSR count). The van der Waals surface area contributed by atoms with Crippen molar-refractivity contribution in [3.05, 3.63) is 24.0 Å². The minimum atomic E-state index is -0.251. The number of anilines is 1. The third-order valence-corrected chi connectivity index (χ3v) is 4.11. The number of nitrogen functional groups attached to an aromatic ring is 1. The molecule has 0 aliphatic heterocycles. The predicted molar refractivity (Wildman–Crippen MR) is 85.8 cm³/mol. The van der Waals surface area contributed by atoms with Gasteiger partial charge < -0.3 is 15.2 Å². The highest BCUT2D eigenvalue weighted by atomic mass is 19.1. The third-order valence-electron chi connectivity index (χ3n) is 4.11. The lowest BCUT2D eigenvalue weighted by molar-refractivity contribution is 0.289. The molecule has 1 aromatic carbocycles. The van der Waals surface area contributed by atoms with Gasteiger partial charge in [-0.2, -0.15) is 0 Å². The molecule has 0 spiro atoms. The van der Waals surface area contributed by atoms with Crippen LogP contribution in [0.1, 0.15) is 39.7 Å². The maximum atomic E-state index is 13.5. The van der Waals surface area contributed by atoms with E-state index < -0.39 is 0 Å². The van der Waals surface area contributed by atoms with Crippen LogP contribution in [0.3, 0.4) is 0 Å². The van der Waals surface area contributed by atoms with Crippen LogP contribution in [-0.2, 0) is 0 Å². The topological polar surface area (TPSA) is 47.1 Å². The monoisotopic (exact) mass is 292 g/mol. The summed E-state index contributed by atoms with van der Waals surface area (Å²) in [6, 6.07) is 4.83. The average molecular weight is 292 g/mol. The first-order valence-corrected chi connectivity index (χ1v) is 7.72. The van der Waals surface area contributed by atoms with Crippen LogP contribution >= 0.6 is 0 Å². The Morgan fingerprint density at radius 1 is 1.33 bits per heavy atom. The summed E-state index contributed by atoms with van der Waals surface area (Å²) < 4.78 is 15.4.